The lowest BCUT2D eigenvalue weighted by Crippen LogP contribution is -2.46. The lowest BCUT2D eigenvalue weighted by Gasteiger charge is -2.35. The molecule has 2 amide bonds. The van der Waals surface area contributed by atoms with Crippen molar-refractivity contribution in [2.75, 3.05) is 19.7 Å². The van der Waals surface area contributed by atoms with Crippen molar-refractivity contribution >= 4 is 11.8 Å². The molecule has 2 heterocycles. The van der Waals surface area contributed by atoms with Gasteiger partial charge in [0.1, 0.15) is 5.75 Å². The number of hydrogen-bond donors (Lipinski definition) is 1. The van der Waals surface area contributed by atoms with E-state index in [-0.39, 0.29) is 24.5 Å². The van der Waals surface area contributed by atoms with Gasteiger partial charge >= 0.3 is 0 Å². The van der Waals surface area contributed by atoms with Crippen molar-refractivity contribution in [3.8, 4) is 5.75 Å². The molecule has 2 fully saturated rings. The number of benzene rings is 1. The Morgan fingerprint density at radius 1 is 1.13 bits per heavy atom. The Labute approximate surface area is 176 Å². The molecule has 1 saturated carbocycles. The van der Waals surface area contributed by atoms with Crippen LogP contribution in [-0.4, -0.2) is 57.4 Å². The number of para-hydroxylation sites is 1. The van der Waals surface area contributed by atoms with Crippen LogP contribution in [0.25, 0.3) is 0 Å². The number of aryl methyl sites for hydroxylation is 1. The van der Waals surface area contributed by atoms with Gasteiger partial charge in [-0.25, -0.2) is 0 Å². The summed E-state index contributed by atoms with van der Waals surface area (Å²) in [6.07, 6.45) is 7.96. The van der Waals surface area contributed by atoms with E-state index in [0.29, 0.717) is 23.9 Å². The van der Waals surface area contributed by atoms with E-state index in [1.165, 1.54) is 12.8 Å². The van der Waals surface area contributed by atoms with Gasteiger partial charge in [0, 0.05) is 25.7 Å². The normalized spacial score (nSPS) is 18.8. The van der Waals surface area contributed by atoms with E-state index in [0.717, 1.165) is 38.8 Å². The predicted molar refractivity (Wildman–Crippen MR) is 111 cm³/mol. The minimum atomic E-state index is -0.166. The minimum Gasteiger partial charge on any atom is -0.484 e. The Morgan fingerprint density at radius 2 is 1.97 bits per heavy atom. The van der Waals surface area contributed by atoms with Crippen LogP contribution in [0.2, 0.25) is 0 Å². The third-order valence-electron chi connectivity index (χ3n) is 5.76. The van der Waals surface area contributed by atoms with Crippen LogP contribution < -0.4 is 10.1 Å². The predicted octanol–water partition coefficient (Wildman–Crippen LogP) is 2.27. The molecular formula is C22H29N5O3. The third kappa shape index (κ3) is 5.58. The molecule has 1 aromatic carbocycles. The van der Waals surface area contributed by atoms with Crippen LogP contribution in [0.1, 0.15) is 49.0 Å². The number of likely N-dealkylation sites (tertiary alicyclic amines) is 1. The van der Waals surface area contributed by atoms with E-state index in [4.69, 9.17) is 4.74 Å². The van der Waals surface area contributed by atoms with Crippen LogP contribution in [0.15, 0.2) is 36.5 Å². The molecular weight excluding hydrogens is 382 g/mol. The van der Waals surface area contributed by atoms with Gasteiger partial charge in [0.15, 0.2) is 12.3 Å². The minimum absolute atomic E-state index is 0.0160. The summed E-state index contributed by atoms with van der Waals surface area (Å²) in [6.45, 7) is 2.15. The van der Waals surface area contributed by atoms with E-state index in [1.807, 2.05) is 35.2 Å². The summed E-state index contributed by atoms with van der Waals surface area (Å²) in [4.78, 5) is 26.8. The largest absolute Gasteiger partial charge is 0.484 e. The van der Waals surface area contributed by atoms with E-state index in [9.17, 15) is 9.59 Å². The number of piperidine rings is 1. The number of nitrogens with one attached hydrogen (secondary N) is 1. The van der Waals surface area contributed by atoms with E-state index in [1.54, 1.807) is 10.9 Å². The summed E-state index contributed by atoms with van der Waals surface area (Å²) in [5, 5.41) is 11.0. The first-order valence-electron chi connectivity index (χ1n) is 10.8. The molecule has 1 atom stereocenters. The van der Waals surface area contributed by atoms with Crippen molar-refractivity contribution in [3.63, 3.8) is 0 Å². The molecule has 30 heavy (non-hydrogen) atoms. The van der Waals surface area contributed by atoms with E-state index >= 15 is 0 Å². The fourth-order valence-electron chi connectivity index (χ4n) is 3.82. The summed E-state index contributed by atoms with van der Waals surface area (Å²) < 4.78 is 7.34. The molecule has 2 aromatic rings. The molecule has 8 nitrogen and oxygen atoms in total. The van der Waals surface area contributed by atoms with Crippen molar-refractivity contribution in [2.24, 2.45) is 5.92 Å². The zero-order chi connectivity index (χ0) is 20.8. The van der Waals surface area contributed by atoms with Crippen molar-refractivity contribution in [3.05, 3.63) is 42.2 Å². The van der Waals surface area contributed by atoms with Crippen LogP contribution in [0.3, 0.4) is 0 Å². The quantitative estimate of drug-likeness (QED) is 0.684. The average Bonchev–Trinajstić information content (AvgIpc) is 3.50. The van der Waals surface area contributed by atoms with Gasteiger partial charge in [-0.15, -0.1) is 5.10 Å². The maximum Gasteiger partial charge on any atom is 0.273 e. The summed E-state index contributed by atoms with van der Waals surface area (Å²) in [5.74, 6) is 1.18. The van der Waals surface area contributed by atoms with Crippen LogP contribution in [0.5, 0.6) is 5.75 Å². The van der Waals surface area contributed by atoms with Crippen LogP contribution >= 0.6 is 0 Å². The molecule has 4 rings (SSSR count). The number of hydrogen-bond acceptors (Lipinski definition) is 5. The number of amides is 2. The van der Waals surface area contributed by atoms with Gasteiger partial charge < -0.3 is 15.0 Å². The molecule has 1 unspecified atom stereocenters. The van der Waals surface area contributed by atoms with Crippen LogP contribution in [-0.2, 0) is 11.3 Å². The van der Waals surface area contributed by atoms with Crippen molar-refractivity contribution in [1.82, 2.24) is 25.2 Å². The highest BCUT2D eigenvalue weighted by Crippen LogP contribution is 2.27. The molecule has 1 N–H and O–H groups in total. The van der Waals surface area contributed by atoms with Gasteiger partial charge in [0.25, 0.3) is 11.8 Å². The second kappa shape index (κ2) is 9.73. The van der Waals surface area contributed by atoms with Crippen LogP contribution in [0.4, 0.5) is 0 Å². The Morgan fingerprint density at radius 3 is 2.77 bits per heavy atom. The fraction of sp³-hybridized carbons (Fsp3) is 0.545. The Hall–Kier alpha value is -2.90. The van der Waals surface area contributed by atoms with Gasteiger partial charge in [0.2, 0.25) is 0 Å². The third-order valence-corrected chi connectivity index (χ3v) is 5.76. The van der Waals surface area contributed by atoms with Crippen molar-refractivity contribution in [2.45, 2.75) is 51.1 Å². The first kappa shape index (κ1) is 20.4. The Kier molecular flexibility index (Phi) is 6.61. The molecule has 0 radical (unpaired) electrons. The lowest BCUT2D eigenvalue weighted by molar-refractivity contribution is -0.137. The molecule has 160 valence electrons. The fourth-order valence-corrected chi connectivity index (χ4v) is 3.82. The Balaban J connectivity index is 1.27. The monoisotopic (exact) mass is 411 g/mol. The molecule has 0 spiro atoms. The zero-order valence-electron chi connectivity index (χ0n) is 17.2. The summed E-state index contributed by atoms with van der Waals surface area (Å²) in [5.41, 5.74) is 0.350. The number of ether oxygens (including phenoxy) is 1. The highest BCUT2D eigenvalue weighted by atomic mass is 16.5. The molecule has 8 heteroatoms. The SMILES string of the molecule is O=C(NCC1CC1)c1cn(CCC2CCCCN2C(=O)COc2ccccc2)nn1. The number of carbonyl (C=O) groups excluding carboxylic acids is 2. The second-order valence-electron chi connectivity index (χ2n) is 8.15. The average molecular weight is 412 g/mol. The van der Waals surface area contributed by atoms with E-state index in [2.05, 4.69) is 15.6 Å². The lowest BCUT2D eigenvalue weighted by atomic mass is 9.99. The van der Waals surface area contributed by atoms with E-state index < -0.39 is 0 Å². The van der Waals surface area contributed by atoms with Gasteiger partial charge in [-0.05, 0) is 56.6 Å². The molecule has 1 aromatic heterocycles. The Bertz CT molecular complexity index is 849. The molecule has 2 aliphatic rings. The smallest absolute Gasteiger partial charge is 0.273 e. The molecule has 0 bridgehead atoms. The van der Waals surface area contributed by atoms with Crippen molar-refractivity contribution < 1.29 is 14.3 Å². The molecule has 1 aliphatic heterocycles. The number of rotatable bonds is 9. The molecule has 1 aliphatic carbocycles. The summed E-state index contributed by atoms with van der Waals surface area (Å²) >= 11 is 0. The number of carbonyl (C=O) groups is 2. The molecule has 1 saturated heterocycles. The van der Waals surface area contributed by atoms with Crippen LogP contribution in [0, 0.1) is 5.92 Å². The first-order valence-corrected chi connectivity index (χ1v) is 10.8. The zero-order valence-corrected chi connectivity index (χ0v) is 17.2. The van der Waals surface area contributed by atoms with Gasteiger partial charge in [-0.1, -0.05) is 23.4 Å². The maximum absolute atomic E-state index is 12.7. The standard InChI is InChI=1S/C22H29N5O3/c28-21(16-30-19-7-2-1-3-8-19)27-12-5-4-6-18(27)11-13-26-15-20(24-25-26)22(29)23-14-17-9-10-17/h1-3,7-8,15,17-18H,4-6,9-14,16H2,(H,23,29). The highest BCUT2D eigenvalue weighted by Gasteiger charge is 2.27. The van der Waals surface area contributed by atoms with Crippen molar-refractivity contribution in [1.29, 1.82) is 0 Å². The van der Waals surface area contributed by atoms with Gasteiger partial charge in [-0.2, -0.15) is 0 Å². The number of nitrogens with zero attached hydrogens (tertiary/aromatic N) is 4. The maximum atomic E-state index is 12.7. The summed E-state index contributed by atoms with van der Waals surface area (Å²) in [6, 6.07) is 9.56. The van der Waals surface area contributed by atoms with Gasteiger partial charge in [0.05, 0.1) is 6.20 Å². The highest BCUT2D eigenvalue weighted by molar-refractivity contribution is 5.91. The first-order chi connectivity index (χ1) is 14.7. The second-order valence-corrected chi connectivity index (χ2v) is 8.15. The topological polar surface area (TPSA) is 89.4 Å². The number of aromatic nitrogens is 3. The van der Waals surface area contributed by atoms with Gasteiger partial charge in [-0.3, -0.25) is 14.3 Å². The summed E-state index contributed by atoms with van der Waals surface area (Å²) in [7, 11) is 0.